The molecule has 0 saturated heterocycles. The van der Waals surface area contributed by atoms with E-state index in [9.17, 15) is 14.7 Å². The van der Waals surface area contributed by atoms with Crippen molar-refractivity contribution in [1.82, 2.24) is 5.32 Å². The first-order valence-corrected chi connectivity index (χ1v) is 6.54. The summed E-state index contributed by atoms with van der Waals surface area (Å²) in [4.78, 5) is 23.5. The van der Waals surface area contributed by atoms with Gasteiger partial charge in [-0.3, -0.25) is 4.79 Å². The highest BCUT2D eigenvalue weighted by Crippen LogP contribution is 2.32. The van der Waals surface area contributed by atoms with Crippen LogP contribution in [0.5, 0.6) is 0 Å². The summed E-state index contributed by atoms with van der Waals surface area (Å²) < 4.78 is 10.2. The lowest BCUT2D eigenvalue weighted by Gasteiger charge is -2.36. The molecule has 1 heterocycles. The molecule has 1 saturated carbocycles. The predicted molar refractivity (Wildman–Crippen MR) is 66.1 cm³/mol. The van der Waals surface area contributed by atoms with Gasteiger partial charge in [0.15, 0.2) is 0 Å². The van der Waals surface area contributed by atoms with Crippen LogP contribution in [-0.2, 0) is 19.1 Å². The number of carbonyl (C=O) groups excluding carboxylic acids is 1. The fraction of sp³-hybridized carbons (Fsp3) is 0.692. The SMILES string of the molecule is CC1CCC(NC(=O)C2=COCCO2)(C(=O)O)CC1. The molecule has 2 N–H and O–H groups in total. The van der Waals surface area contributed by atoms with E-state index in [2.05, 4.69) is 12.2 Å². The number of rotatable bonds is 3. The minimum Gasteiger partial charge on any atom is -0.494 e. The second-order valence-corrected chi connectivity index (χ2v) is 5.23. The average molecular weight is 269 g/mol. The first-order valence-electron chi connectivity index (χ1n) is 6.54. The fourth-order valence-electron chi connectivity index (χ4n) is 2.41. The quantitative estimate of drug-likeness (QED) is 0.799. The number of aliphatic carboxylic acids is 1. The monoisotopic (exact) mass is 269 g/mol. The van der Waals surface area contributed by atoms with E-state index in [1.165, 1.54) is 6.26 Å². The minimum absolute atomic E-state index is 0.0468. The van der Waals surface area contributed by atoms with Gasteiger partial charge in [-0.05, 0) is 31.6 Å². The van der Waals surface area contributed by atoms with Gasteiger partial charge in [-0.25, -0.2) is 4.79 Å². The lowest BCUT2D eigenvalue weighted by atomic mass is 9.77. The maximum Gasteiger partial charge on any atom is 0.329 e. The molecule has 1 aliphatic heterocycles. The molecular formula is C13H19NO5. The third-order valence-electron chi connectivity index (χ3n) is 3.76. The topological polar surface area (TPSA) is 84.9 Å². The van der Waals surface area contributed by atoms with Crippen LogP contribution in [0.3, 0.4) is 0 Å². The van der Waals surface area contributed by atoms with E-state index in [0.717, 1.165) is 12.8 Å². The lowest BCUT2D eigenvalue weighted by molar-refractivity contribution is -0.149. The Morgan fingerprint density at radius 2 is 2.05 bits per heavy atom. The van der Waals surface area contributed by atoms with Gasteiger partial charge in [0.1, 0.15) is 25.0 Å². The number of hydrogen-bond acceptors (Lipinski definition) is 4. The van der Waals surface area contributed by atoms with Crippen LogP contribution in [0.1, 0.15) is 32.6 Å². The maximum absolute atomic E-state index is 12.0. The highest BCUT2D eigenvalue weighted by Gasteiger charge is 2.43. The molecule has 0 aromatic rings. The molecule has 0 aromatic heterocycles. The zero-order valence-corrected chi connectivity index (χ0v) is 11.0. The Balaban J connectivity index is 2.06. The van der Waals surface area contributed by atoms with Crippen LogP contribution in [0.2, 0.25) is 0 Å². The van der Waals surface area contributed by atoms with Crippen molar-refractivity contribution in [2.45, 2.75) is 38.1 Å². The minimum atomic E-state index is -1.18. The van der Waals surface area contributed by atoms with E-state index in [1.54, 1.807) is 0 Å². The molecule has 0 atom stereocenters. The second-order valence-electron chi connectivity index (χ2n) is 5.23. The Kier molecular flexibility index (Phi) is 3.97. The third-order valence-corrected chi connectivity index (χ3v) is 3.76. The van der Waals surface area contributed by atoms with Gasteiger partial charge >= 0.3 is 5.97 Å². The number of carbonyl (C=O) groups is 2. The van der Waals surface area contributed by atoms with Gasteiger partial charge in [-0.1, -0.05) is 6.92 Å². The Hall–Kier alpha value is -1.72. The molecule has 0 unspecified atom stereocenters. The largest absolute Gasteiger partial charge is 0.494 e. The van der Waals surface area contributed by atoms with Crippen molar-refractivity contribution in [2.75, 3.05) is 13.2 Å². The molecule has 6 heteroatoms. The zero-order valence-electron chi connectivity index (χ0n) is 11.0. The molecule has 6 nitrogen and oxygen atoms in total. The number of carboxylic acids is 1. The summed E-state index contributed by atoms with van der Waals surface area (Å²) in [7, 11) is 0. The molecule has 106 valence electrons. The summed E-state index contributed by atoms with van der Waals surface area (Å²) in [5.41, 5.74) is -1.18. The molecule has 1 fully saturated rings. The first kappa shape index (κ1) is 13.7. The van der Waals surface area contributed by atoms with Crippen LogP contribution in [0.15, 0.2) is 12.0 Å². The highest BCUT2D eigenvalue weighted by atomic mass is 16.6. The normalized spacial score (nSPS) is 30.6. The number of hydrogen-bond donors (Lipinski definition) is 2. The standard InChI is InChI=1S/C13H19NO5/c1-9-2-4-13(5-3-9,12(16)17)14-11(15)10-8-18-6-7-19-10/h8-9H,2-7H2,1H3,(H,14,15)(H,16,17). The summed E-state index contributed by atoms with van der Waals surface area (Å²) in [5.74, 6) is -0.954. The molecule has 1 amide bonds. The molecular weight excluding hydrogens is 250 g/mol. The Morgan fingerprint density at radius 3 is 2.58 bits per heavy atom. The highest BCUT2D eigenvalue weighted by molar-refractivity contribution is 5.95. The third kappa shape index (κ3) is 3.00. The maximum atomic E-state index is 12.0. The van der Waals surface area contributed by atoms with Crippen molar-refractivity contribution in [3.63, 3.8) is 0 Å². The summed E-state index contributed by atoms with van der Waals surface area (Å²) in [6, 6.07) is 0. The number of nitrogens with one attached hydrogen (secondary N) is 1. The van der Waals surface area contributed by atoms with E-state index in [4.69, 9.17) is 9.47 Å². The van der Waals surface area contributed by atoms with E-state index < -0.39 is 17.4 Å². The van der Waals surface area contributed by atoms with Crippen molar-refractivity contribution in [1.29, 1.82) is 0 Å². The van der Waals surface area contributed by atoms with Gasteiger partial charge in [0.25, 0.3) is 5.91 Å². The predicted octanol–water partition coefficient (Wildman–Crippen LogP) is 1.02. The second kappa shape index (κ2) is 5.50. The molecule has 2 rings (SSSR count). The zero-order chi connectivity index (χ0) is 13.9. The van der Waals surface area contributed by atoms with E-state index in [-0.39, 0.29) is 5.76 Å². The molecule has 2 aliphatic rings. The number of ether oxygens (including phenoxy) is 2. The smallest absolute Gasteiger partial charge is 0.329 e. The number of carboxylic acid groups (broad SMARTS) is 1. The van der Waals surface area contributed by atoms with Crippen LogP contribution in [0.4, 0.5) is 0 Å². The molecule has 0 aromatic carbocycles. The summed E-state index contributed by atoms with van der Waals surface area (Å²) >= 11 is 0. The van der Waals surface area contributed by atoms with Crippen molar-refractivity contribution < 1.29 is 24.2 Å². The fourth-order valence-corrected chi connectivity index (χ4v) is 2.41. The Morgan fingerprint density at radius 1 is 1.37 bits per heavy atom. The van der Waals surface area contributed by atoms with Gasteiger partial charge in [-0.15, -0.1) is 0 Å². The summed E-state index contributed by atoms with van der Waals surface area (Å²) in [5, 5.41) is 12.0. The van der Waals surface area contributed by atoms with Gasteiger partial charge in [0.2, 0.25) is 5.76 Å². The number of amides is 1. The molecule has 0 radical (unpaired) electrons. The molecule has 19 heavy (non-hydrogen) atoms. The van der Waals surface area contributed by atoms with Crippen molar-refractivity contribution in [2.24, 2.45) is 5.92 Å². The Labute approximate surface area is 111 Å². The van der Waals surface area contributed by atoms with Gasteiger partial charge in [0, 0.05) is 0 Å². The van der Waals surface area contributed by atoms with Gasteiger partial charge in [0.05, 0.1) is 0 Å². The first-order chi connectivity index (χ1) is 9.03. The van der Waals surface area contributed by atoms with Crippen LogP contribution < -0.4 is 5.32 Å². The van der Waals surface area contributed by atoms with E-state index in [0.29, 0.717) is 32.0 Å². The van der Waals surface area contributed by atoms with Crippen molar-refractivity contribution in [3.05, 3.63) is 12.0 Å². The van der Waals surface area contributed by atoms with Gasteiger partial charge < -0.3 is 19.9 Å². The average Bonchev–Trinajstić information content (AvgIpc) is 2.42. The van der Waals surface area contributed by atoms with Crippen molar-refractivity contribution in [3.8, 4) is 0 Å². The van der Waals surface area contributed by atoms with Gasteiger partial charge in [-0.2, -0.15) is 0 Å². The van der Waals surface area contributed by atoms with E-state index >= 15 is 0 Å². The molecule has 0 bridgehead atoms. The summed E-state index contributed by atoms with van der Waals surface area (Å²) in [6.45, 7) is 2.79. The van der Waals surface area contributed by atoms with E-state index in [1.807, 2.05) is 0 Å². The molecule has 1 aliphatic carbocycles. The van der Waals surface area contributed by atoms with Crippen LogP contribution >= 0.6 is 0 Å². The Bertz CT molecular complexity index is 396. The van der Waals surface area contributed by atoms with Crippen molar-refractivity contribution >= 4 is 11.9 Å². The van der Waals surface area contributed by atoms with Crippen LogP contribution in [0.25, 0.3) is 0 Å². The van der Waals surface area contributed by atoms with Crippen LogP contribution in [-0.4, -0.2) is 35.7 Å². The molecule has 0 spiro atoms. The summed E-state index contributed by atoms with van der Waals surface area (Å²) in [6.07, 6.45) is 3.72. The lowest BCUT2D eigenvalue weighted by Crippen LogP contribution is -2.56. The van der Waals surface area contributed by atoms with Crippen LogP contribution in [0, 0.1) is 5.92 Å².